The predicted octanol–water partition coefficient (Wildman–Crippen LogP) is 7.61. The van der Waals surface area contributed by atoms with Gasteiger partial charge in [0.1, 0.15) is 0 Å². The largest absolute Gasteiger partial charge is 0.477 e. The molecule has 0 bridgehead atoms. The number of amides is 1. The summed E-state index contributed by atoms with van der Waals surface area (Å²) in [7, 11) is 0. The molecule has 4 rings (SSSR count). The van der Waals surface area contributed by atoms with Crippen LogP contribution in [0.3, 0.4) is 0 Å². The normalized spacial score (nSPS) is 13.2. The van der Waals surface area contributed by atoms with E-state index in [0.717, 1.165) is 31.5 Å². The number of pyridine rings is 1. The summed E-state index contributed by atoms with van der Waals surface area (Å²) in [5, 5.41) is 7.75. The molecule has 0 saturated carbocycles. The Bertz CT molecular complexity index is 978. The first-order chi connectivity index (χ1) is 18.6. The minimum atomic E-state index is 0.0147. The van der Waals surface area contributed by atoms with Crippen molar-refractivity contribution < 1.29 is 9.53 Å². The summed E-state index contributed by atoms with van der Waals surface area (Å²) >= 11 is 0. The van der Waals surface area contributed by atoms with Gasteiger partial charge in [-0.1, -0.05) is 91.8 Å². The van der Waals surface area contributed by atoms with Crippen LogP contribution in [0.2, 0.25) is 0 Å². The third-order valence-electron chi connectivity index (χ3n) is 5.52. The molecule has 0 aliphatic carbocycles. The number of carbonyl (C=O) groups excluding carboxylic acids is 1. The third-order valence-corrected chi connectivity index (χ3v) is 5.52. The molecule has 1 saturated heterocycles. The summed E-state index contributed by atoms with van der Waals surface area (Å²) in [4.78, 5) is 18.7. The van der Waals surface area contributed by atoms with E-state index in [0.29, 0.717) is 30.5 Å². The molecule has 210 valence electrons. The molecule has 3 heterocycles. The number of rotatable bonds is 6. The van der Waals surface area contributed by atoms with E-state index in [1.165, 1.54) is 17.3 Å². The van der Waals surface area contributed by atoms with Crippen LogP contribution in [0.15, 0.2) is 60.9 Å². The summed E-state index contributed by atoms with van der Waals surface area (Å²) in [6, 6.07) is 16.2. The maximum absolute atomic E-state index is 12.5. The van der Waals surface area contributed by atoms with Gasteiger partial charge in [-0.05, 0) is 43.4 Å². The molecule has 1 atom stereocenters. The maximum atomic E-state index is 12.5. The quantitative estimate of drug-likeness (QED) is 0.333. The fourth-order valence-electron chi connectivity index (χ4n) is 3.55. The van der Waals surface area contributed by atoms with Gasteiger partial charge in [0.25, 0.3) is 5.91 Å². The van der Waals surface area contributed by atoms with E-state index in [9.17, 15) is 4.79 Å². The van der Waals surface area contributed by atoms with E-state index >= 15 is 0 Å². The van der Waals surface area contributed by atoms with Crippen LogP contribution in [0, 0.1) is 12.8 Å². The number of ether oxygens (including phenoxy) is 1. The monoisotopic (exact) mass is 522 g/mol. The first-order valence-corrected chi connectivity index (χ1v) is 14.3. The lowest BCUT2D eigenvalue weighted by Crippen LogP contribution is -2.29. The lowest BCUT2D eigenvalue weighted by Gasteiger charge is -2.16. The minimum Gasteiger partial charge on any atom is -0.477 e. The first kappa shape index (κ1) is 34.7. The Labute approximate surface area is 231 Å². The summed E-state index contributed by atoms with van der Waals surface area (Å²) in [5.74, 6) is 0.990. The number of hydrogen-bond donors (Lipinski definition) is 0. The van der Waals surface area contributed by atoms with E-state index < -0.39 is 0 Å². The van der Waals surface area contributed by atoms with Gasteiger partial charge in [0, 0.05) is 31.3 Å². The van der Waals surface area contributed by atoms with Crippen LogP contribution in [0.4, 0.5) is 0 Å². The SMILES string of the molecule is CC.CC.CC.CCc1ccc(OCC2CCN(C(=O)c3cnnc(C)c3)C2)nc1.CCc1ccccc1. The molecule has 2 aromatic heterocycles. The molecule has 6 nitrogen and oxygen atoms in total. The fraction of sp³-hybridized carbons (Fsp3) is 0.500. The average molecular weight is 523 g/mol. The van der Waals surface area contributed by atoms with Gasteiger partial charge < -0.3 is 9.64 Å². The van der Waals surface area contributed by atoms with Crippen molar-refractivity contribution in [3.8, 4) is 5.88 Å². The standard InChI is InChI=1S/C18H22N4O2.C8H10.3C2H6/c1-3-14-4-5-17(19-9-14)24-12-15-6-7-22(11-15)18(23)16-8-13(2)21-20-10-16;1-2-8-6-4-3-5-7-8;3*1-2/h4-5,8-10,15H,3,6-7,11-12H2,1-2H3;3-7H,2H2,1H3;3*1-2H3. The number of hydrogen-bond acceptors (Lipinski definition) is 5. The van der Waals surface area contributed by atoms with Crippen LogP contribution in [-0.4, -0.2) is 45.7 Å². The molecule has 1 aromatic carbocycles. The highest BCUT2D eigenvalue weighted by molar-refractivity contribution is 5.94. The minimum absolute atomic E-state index is 0.0147. The Morgan fingerprint density at radius 3 is 2.11 bits per heavy atom. The predicted molar refractivity (Wildman–Crippen MR) is 160 cm³/mol. The van der Waals surface area contributed by atoms with Crippen molar-refractivity contribution in [1.82, 2.24) is 20.1 Å². The smallest absolute Gasteiger partial charge is 0.255 e. The Morgan fingerprint density at radius 1 is 0.921 bits per heavy atom. The Morgan fingerprint density at radius 2 is 1.58 bits per heavy atom. The van der Waals surface area contributed by atoms with Crippen LogP contribution in [0.1, 0.15) is 89.0 Å². The first-order valence-electron chi connectivity index (χ1n) is 14.3. The van der Waals surface area contributed by atoms with Crippen LogP contribution < -0.4 is 4.74 Å². The fourth-order valence-corrected chi connectivity index (χ4v) is 3.55. The molecule has 38 heavy (non-hydrogen) atoms. The third kappa shape index (κ3) is 12.8. The summed E-state index contributed by atoms with van der Waals surface area (Å²) in [5.41, 5.74) is 3.95. The van der Waals surface area contributed by atoms with Crippen molar-refractivity contribution in [1.29, 1.82) is 0 Å². The van der Waals surface area contributed by atoms with E-state index in [-0.39, 0.29) is 5.91 Å². The van der Waals surface area contributed by atoms with Gasteiger partial charge in [0.05, 0.1) is 24.1 Å². The van der Waals surface area contributed by atoms with Crippen molar-refractivity contribution >= 4 is 5.91 Å². The Kier molecular flexibility index (Phi) is 19.9. The second-order valence-electron chi connectivity index (χ2n) is 8.00. The number of benzene rings is 1. The van der Waals surface area contributed by atoms with Crippen LogP contribution in [-0.2, 0) is 12.8 Å². The van der Waals surface area contributed by atoms with Crippen LogP contribution in [0.5, 0.6) is 5.88 Å². The van der Waals surface area contributed by atoms with Crippen molar-refractivity contribution in [2.45, 2.75) is 81.6 Å². The molecular formula is C32H50N4O2. The van der Waals surface area contributed by atoms with E-state index in [1.807, 2.05) is 77.8 Å². The lowest BCUT2D eigenvalue weighted by atomic mass is 10.1. The highest BCUT2D eigenvalue weighted by Gasteiger charge is 2.27. The molecule has 0 N–H and O–H groups in total. The van der Waals surface area contributed by atoms with E-state index in [2.05, 4.69) is 53.3 Å². The number of carbonyl (C=O) groups is 1. The van der Waals surface area contributed by atoms with Gasteiger partial charge in [-0.15, -0.1) is 0 Å². The number of aromatic nitrogens is 3. The lowest BCUT2D eigenvalue weighted by molar-refractivity contribution is 0.0782. The number of likely N-dealkylation sites (tertiary alicyclic amines) is 1. The number of aryl methyl sites for hydroxylation is 3. The maximum Gasteiger partial charge on any atom is 0.255 e. The molecule has 1 amide bonds. The van der Waals surface area contributed by atoms with Crippen molar-refractivity contribution in [3.05, 3.63) is 83.3 Å². The molecule has 3 aromatic rings. The zero-order valence-corrected chi connectivity index (χ0v) is 25.2. The topological polar surface area (TPSA) is 68.2 Å². The molecule has 6 heteroatoms. The van der Waals surface area contributed by atoms with Gasteiger partial charge in [-0.3, -0.25) is 4.79 Å². The Balaban J connectivity index is 0.000000817. The molecule has 0 radical (unpaired) electrons. The van der Waals surface area contributed by atoms with Gasteiger partial charge in [0.15, 0.2) is 0 Å². The Hall–Kier alpha value is -3.28. The molecular weight excluding hydrogens is 472 g/mol. The second-order valence-corrected chi connectivity index (χ2v) is 8.00. The van der Waals surface area contributed by atoms with Gasteiger partial charge in [-0.2, -0.15) is 10.2 Å². The summed E-state index contributed by atoms with van der Waals surface area (Å²) < 4.78 is 5.77. The molecule has 1 unspecified atom stereocenters. The molecule has 1 aliphatic heterocycles. The molecule has 1 fully saturated rings. The zero-order chi connectivity index (χ0) is 28.8. The second kappa shape index (κ2) is 21.8. The zero-order valence-electron chi connectivity index (χ0n) is 25.2. The number of nitrogens with zero attached hydrogens (tertiary/aromatic N) is 4. The van der Waals surface area contributed by atoms with Crippen LogP contribution >= 0.6 is 0 Å². The van der Waals surface area contributed by atoms with Crippen molar-refractivity contribution in [3.63, 3.8) is 0 Å². The van der Waals surface area contributed by atoms with Gasteiger partial charge >= 0.3 is 0 Å². The van der Waals surface area contributed by atoms with E-state index in [4.69, 9.17) is 4.74 Å². The van der Waals surface area contributed by atoms with Gasteiger partial charge in [0.2, 0.25) is 5.88 Å². The van der Waals surface area contributed by atoms with Gasteiger partial charge in [-0.25, -0.2) is 4.98 Å². The molecule has 0 spiro atoms. The van der Waals surface area contributed by atoms with Crippen molar-refractivity contribution in [2.75, 3.05) is 19.7 Å². The highest BCUT2D eigenvalue weighted by Crippen LogP contribution is 2.20. The average Bonchev–Trinajstić information content (AvgIpc) is 3.49. The van der Waals surface area contributed by atoms with Crippen molar-refractivity contribution in [2.24, 2.45) is 5.92 Å². The molecule has 1 aliphatic rings. The highest BCUT2D eigenvalue weighted by atomic mass is 16.5. The van der Waals surface area contributed by atoms with Crippen LogP contribution in [0.25, 0.3) is 0 Å². The summed E-state index contributed by atoms with van der Waals surface area (Å²) in [6.45, 7) is 20.1. The van der Waals surface area contributed by atoms with E-state index in [1.54, 1.807) is 6.07 Å². The summed E-state index contributed by atoms with van der Waals surface area (Å²) in [6.07, 6.45) is 6.42.